The highest BCUT2D eigenvalue weighted by atomic mass is 32.1. The van der Waals surface area contributed by atoms with Crippen LogP contribution < -0.4 is 0 Å². The second-order valence-corrected chi connectivity index (χ2v) is 8.65. The van der Waals surface area contributed by atoms with Gasteiger partial charge in [0.05, 0.1) is 4.88 Å². The first-order valence-electron chi connectivity index (χ1n) is 9.48. The minimum Gasteiger partial charge on any atom is -0.344 e. The number of fused-ring (bicyclic) bond motifs is 1. The van der Waals surface area contributed by atoms with E-state index in [1.807, 2.05) is 26.4 Å². The molecule has 1 saturated heterocycles. The molecule has 3 heterocycles. The maximum absolute atomic E-state index is 12.7. The fourth-order valence-corrected chi connectivity index (χ4v) is 5.79. The highest BCUT2D eigenvalue weighted by molar-refractivity contribution is 7.20. The van der Waals surface area contributed by atoms with Gasteiger partial charge >= 0.3 is 0 Å². The van der Waals surface area contributed by atoms with Crippen LogP contribution in [-0.4, -0.2) is 53.9 Å². The molecule has 1 aliphatic heterocycles. The van der Waals surface area contributed by atoms with Crippen molar-refractivity contribution in [3.05, 3.63) is 28.8 Å². The lowest BCUT2D eigenvalue weighted by atomic mass is 9.87. The number of likely N-dealkylation sites (tertiary alicyclic amines) is 1. The van der Waals surface area contributed by atoms with Gasteiger partial charge in [-0.15, -0.1) is 11.3 Å². The van der Waals surface area contributed by atoms with Gasteiger partial charge in [-0.3, -0.25) is 4.79 Å². The fourth-order valence-electron chi connectivity index (χ4n) is 4.54. The largest absolute Gasteiger partial charge is 0.344 e. The number of pyridine rings is 1. The first-order chi connectivity index (χ1) is 12.1. The van der Waals surface area contributed by atoms with E-state index in [1.54, 1.807) is 16.2 Å². The number of rotatable bonds is 3. The molecule has 0 aromatic carbocycles. The minimum atomic E-state index is 0.122. The summed E-state index contributed by atoms with van der Waals surface area (Å²) in [5.41, 5.74) is 1.26. The van der Waals surface area contributed by atoms with Crippen molar-refractivity contribution >= 4 is 27.5 Å². The molecule has 0 spiro atoms. The van der Waals surface area contributed by atoms with Crippen LogP contribution in [0.3, 0.4) is 0 Å². The topological polar surface area (TPSA) is 36.4 Å². The number of piperidine rings is 1. The van der Waals surface area contributed by atoms with E-state index in [0.29, 0.717) is 5.92 Å². The summed E-state index contributed by atoms with van der Waals surface area (Å²) in [6.45, 7) is 2.34. The second kappa shape index (κ2) is 7.04. The average molecular weight is 358 g/mol. The fraction of sp³-hybridized carbons (Fsp3) is 0.600. The molecule has 1 saturated carbocycles. The lowest BCUT2D eigenvalue weighted by molar-refractivity contribution is 0.0829. The molecule has 0 radical (unpaired) electrons. The second-order valence-electron chi connectivity index (χ2n) is 7.65. The zero-order valence-corrected chi connectivity index (χ0v) is 16.0. The Kier molecular flexibility index (Phi) is 4.78. The summed E-state index contributed by atoms with van der Waals surface area (Å²) in [6.07, 6.45) is 9.69. The third kappa shape index (κ3) is 3.20. The Bertz CT molecular complexity index is 755. The molecule has 0 bridgehead atoms. The Morgan fingerprint density at radius 3 is 2.60 bits per heavy atom. The molecule has 4 nitrogen and oxygen atoms in total. The SMILES string of the molecule is CN(C)C(=O)c1sc2ncccc2c1C1CCN(C2CCCC2)CC1. The Labute approximate surface area is 153 Å². The predicted octanol–water partition coefficient (Wildman–Crippen LogP) is 4.12. The van der Waals surface area contributed by atoms with Crippen LogP contribution in [0.5, 0.6) is 0 Å². The molecule has 2 aliphatic rings. The third-order valence-corrected chi connectivity index (χ3v) is 7.00. The zero-order valence-electron chi connectivity index (χ0n) is 15.2. The van der Waals surface area contributed by atoms with Gasteiger partial charge in [0.1, 0.15) is 4.83 Å². The van der Waals surface area contributed by atoms with E-state index in [-0.39, 0.29) is 5.91 Å². The van der Waals surface area contributed by atoms with E-state index in [9.17, 15) is 4.79 Å². The lowest BCUT2D eigenvalue weighted by Gasteiger charge is -2.36. The van der Waals surface area contributed by atoms with Crippen LogP contribution in [0.25, 0.3) is 10.2 Å². The molecule has 4 rings (SSSR count). The first-order valence-corrected chi connectivity index (χ1v) is 10.3. The van der Waals surface area contributed by atoms with E-state index < -0.39 is 0 Å². The number of amides is 1. The number of hydrogen-bond acceptors (Lipinski definition) is 4. The van der Waals surface area contributed by atoms with Crippen LogP contribution in [0.1, 0.15) is 59.7 Å². The molecule has 2 aromatic heterocycles. The van der Waals surface area contributed by atoms with Crippen molar-refractivity contribution in [3.63, 3.8) is 0 Å². The van der Waals surface area contributed by atoms with Crippen molar-refractivity contribution in [2.24, 2.45) is 0 Å². The molecule has 5 heteroatoms. The van der Waals surface area contributed by atoms with E-state index in [0.717, 1.165) is 28.6 Å². The van der Waals surface area contributed by atoms with Gasteiger partial charge in [-0.05, 0) is 56.3 Å². The van der Waals surface area contributed by atoms with Crippen LogP contribution in [0.15, 0.2) is 18.3 Å². The smallest absolute Gasteiger partial charge is 0.263 e. The molecule has 0 atom stereocenters. The maximum Gasteiger partial charge on any atom is 0.263 e. The minimum absolute atomic E-state index is 0.122. The van der Waals surface area contributed by atoms with Gasteiger partial charge < -0.3 is 9.80 Å². The number of hydrogen-bond donors (Lipinski definition) is 0. The van der Waals surface area contributed by atoms with Crippen molar-refractivity contribution in [1.82, 2.24) is 14.8 Å². The summed E-state index contributed by atoms with van der Waals surface area (Å²) in [7, 11) is 3.68. The molecular formula is C20H27N3OS. The predicted molar refractivity (Wildman–Crippen MR) is 103 cm³/mol. The molecule has 0 N–H and O–H groups in total. The van der Waals surface area contributed by atoms with Crippen LogP contribution in [0, 0.1) is 0 Å². The van der Waals surface area contributed by atoms with Gasteiger partial charge in [0.15, 0.2) is 0 Å². The number of carbonyl (C=O) groups is 1. The van der Waals surface area contributed by atoms with Crippen LogP contribution in [0.4, 0.5) is 0 Å². The highest BCUT2D eigenvalue weighted by Crippen LogP contribution is 2.41. The van der Waals surface area contributed by atoms with E-state index in [1.165, 1.54) is 49.7 Å². The summed E-state index contributed by atoms with van der Waals surface area (Å²) in [5, 5.41) is 1.19. The van der Waals surface area contributed by atoms with E-state index in [2.05, 4.69) is 16.0 Å². The summed E-state index contributed by atoms with van der Waals surface area (Å²) < 4.78 is 0. The monoisotopic (exact) mass is 357 g/mol. The Morgan fingerprint density at radius 1 is 1.20 bits per heavy atom. The van der Waals surface area contributed by atoms with Gasteiger partial charge in [0.25, 0.3) is 5.91 Å². The van der Waals surface area contributed by atoms with Crippen molar-refractivity contribution < 1.29 is 4.79 Å². The number of aromatic nitrogens is 1. The molecule has 1 aliphatic carbocycles. The Morgan fingerprint density at radius 2 is 1.92 bits per heavy atom. The van der Waals surface area contributed by atoms with Crippen molar-refractivity contribution in [2.75, 3.05) is 27.2 Å². The normalized spacial score (nSPS) is 20.4. The summed E-state index contributed by atoms with van der Waals surface area (Å²) in [5.74, 6) is 0.603. The van der Waals surface area contributed by atoms with Crippen molar-refractivity contribution in [3.8, 4) is 0 Å². The van der Waals surface area contributed by atoms with Crippen LogP contribution in [0.2, 0.25) is 0 Å². The molecule has 2 fully saturated rings. The van der Waals surface area contributed by atoms with Crippen LogP contribution >= 0.6 is 11.3 Å². The molecule has 2 aromatic rings. The molecule has 134 valence electrons. The number of thiophene rings is 1. The molecule has 1 amide bonds. The highest BCUT2D eigenvalue weighted by Gasteiger charge is 2.31. The molecule has 25 heavy (non-hydrogen) atoms. The van der Waals surface area contributed by atoms with Gasteiger partial charge in [-0.2, -0.15) is 0 Å². The van der Waals surface area contributed by atoms with Crippen molar-refractivity contribution in [1.29, 1.82) is 0 Å². The van der Waals surface area contributed by atoms with E-state index in [4.69, 9.17) is 0 Å². The van der Waals surface area contributed by atoms with Gasteiger partial charge in [0.2, 0.25) is 0 Å². The summed E-state index contributed by atoms with van der Waals surface area (Å²) in [4.78, 5) is 23.6. The molecular weight excluding hydrogens is 330 g/mol. The first kappa shape index (κ1) is 17.0. The standard InChI is InChI=1S/C20H27N3OS/c1-22(2)20(24)18-17(16-8-5-11-21-19(16)25-18)14-9-12-23(13-10-14)15-6-3-4-7-15/h5,8,11,14-15H,3-4,6-7,9-10,12-13H2,1-2H3. The Balaban J connectivity index is 1.62. The lowest BCUT2D eigenvalue weighted by Crippen LogP contribution is -2.39. The zero-order chi connectivity index (χ0) is 17.4. The van der Waals surface area contributed by atoms with Gasteiger partial charge in [0, 0.05) is 31.7 Å². The van der Waals surface area contributed by atoms with Gasteiger partial charge in [-0.25, -0.2) is 4.98 Å². The van der Waals surface area contributed by atoms with Crippen LogP contribution in [-0.2, 0) is 0 Å². The summed E-state index contributed by atoms with van der Waals surface area (Å²) >= 11 is 1.56. The van der Waals surface area contributed by atoms with Gasteiger partial charge in [-0.1, -0.05) is 18.9 Å². The Hall–Kier alpha value is -1.46. The average Bonchev–Trinajstić information content (AvgIpc) is 3.29. The maximum atomic E-state index is 12.7. The molecule has 0 unspecified atom stereocenters. The number of carbonyl (C=O) groups excluding carboxylic acids is 1. The third-order valence-electron chi connectivity index (χ3n) is 5.88. The quantitative estimate of drug-likeness (QED) is 0.829. The number of nitrogens with zero attached hydrogens (tertiary/aromatic N) is 3. The van der Waals surface area contributed by atoms with E-state index >= 15 is 0 Å². The van der Waals surface area contributed by atoms with Crippen molar-refractivity contribution in [2.45, 2.75) is 50.5 Å². The summed E-state index contributed by atoms with van der Waals surface area (Å²) in [6, 6.07) is 4.95.